The number of aryl methyl sites for hydroxylation is 1. The van der Waals surface area contributed by atoms with E-state index >= 15 is 0 Å². The molecule has 1 aliphatic heterocycles. The minimum Gasteiger partial charge on any atom is -0.329 e. The van der Waals surface area contributed by atoms with E-state index in [1.54, 1.807) is 11.3 Å². The molecule has 2 aromatic carbocycles. The molecule has 0 amide bonds. The Morgan fingerprint density at radius 3 is 2.77 bits per heavy atom. The number of para-hydroxylation sites is 1. The second kappa shape index (κ2) is 7.06. The van der Waals surface area contributed by atoms with E-state index in [0.29, 0.717) is 12.4 Å². The van der Waals surface area contributed by atoms with E-state index in [9.17, 15) is 4.79 Å². The lowest BCUT2D eigenvalue weighted by molar-refractivity contribution is -0.118. The number of carbonyl (C=O) groups is 1. The molecule has 2 heterocycles. The Balaban J connectivity index is 1.55. The molecule has 0 fully saturated rings. The van der Waals surface area contributed by atoms with Crippen molar-refractivity contribution in [3.05, 3.63) is 70.9 Å². The van der Waals surface area contributed by atoms with Crippen LogP contribution in [0.3, 0.4) is 0 Å². The summed E-state index contributed by atoms with van der Waals surface area (Å²) in [4.78, 5) is 22.7. The third-order valence-electron chi connectivity index (χ3n) is 5.60. The van der Waals surface area contributed by atoms with Crippen molar-refractivity contribution in [3.63, 3.8) is 0 Å². The third-order valence-corrected chi connectivity index (χ3v) is 6.55. The molecule has 1 aromatic heterocycles. The Labute approximate surface area is 179 Å². The summed E-state index contributed by atoms with van der Waals surface area (Å²) in [6.07, 6.45) is 1.36. The number of hydrogen-bond acceptors (Lipinski definition) is 6. The van der Waals surface area contributed by atoms with Crippen LogP contribution in [0.1, 0.15) is 43.9 Å². The molecule has 6 heteroatoms. The lowest BCUT2D eigenvalue weighted by atomic mass is 9.73. The summed E-state index contributed by atoms with van der Waals surface area (Å²) in [7, 11) is 0. The topological polar surface area (TPSA) is 66.4 Å². The molecule has 0 radical (unpaired) electrons. The van der Waals surface area contributed by atoms with Gasteiger partial charge in [0.25, 0.3) is 0 Å². The number of thiazole rings is 1. The second-order valence-electron chi connectivity index (χ2n) is 8.86. The zero-order valence-electron chi connectivity index (χ0n) is 17.3. The van der Waals surface area contributed by atoms with Gasteiger partial charge >= 0.3 is 0 Å². The highest BCUT2D eigenvalue weighted by atomic mass is 32.1. The fraction of sp³-hybridized carbons (Fsp3) is 0.292. The van der Waals surface area contributed by atoms with Gasteiger partial charge in [0, 0.05) is 17.7 Å². The van der Waals surface area contributed by atoms with Gasteiger partial charge in [-0.1, -0.05) is 67.1 Å². The average Bonchev–Trinajstić information content (AvgIpc) is 3.08. The summed E-state index contributed by atoms with van der Waals surface area (Å²) in [5.41, 5.74) is 4.87. The predicted octanol–water partition coefficient (Wildman–Crippen LogP) is 5.36. The van der Waals surface area contributed by atoms with Crippen LogP contribution in [0.5, 0.6) is 0 Å². The number of allylic oxidation sites excluding steroid dienone is 1. The summed E-state index contributed by atoms with van der Waals surface area (Å²) in [6.45, 7) is 6.35. The fourth-order valence-corrected chi connectivity index (χ4v) is 5.17. The molecule has 0 bridgehead atoms. The molecule has 152 valence electrons. The molecule has 0 spiro atoms. The molecule has 1 aliphatic carbocycles. The molecule has 1 atom stereocenters. The lowest BCUT2D eigenvalue weighted by Gasteiger charge is -2.37. The van der Waals surface area contributed by atoms with Gasteiger partial charge < -0.3 is 10.6 Å². The van der Waals surface area contributed by atoms with Crippen LogP contribution < -0.4 is 10.6 Å². The van der Waals surface area contributed by atoms with Crippen LogP contribution in [0, 0.1) is 12.3 Å². The number of rotatable bonds is 2. The number of benzene rings is 2. The zero-order chi connectivity index (χ0) is 20.9. The number of fused-ring (bicyclic) bond motifs is 1. The maximum absolute atomic E-state index is 13.1. The molecular formula is C24H24N4OS. The van der Waals surface area contributed by atoms with Gasteiger partial charge in [-0.2, -0.15) is 0 Å². The highest BCUT2D eigenvalue weighted by Crippen LogP contribution is 2.43. The maximum Gasteiger partial charge on any atom is 0.202 e. The predicted molar refractivity (Wildman–Crippen MR) is 123 cm³/mol. The smallest absolute Gasteiger partial charge is 0.202 e. The first kappa shape index (κ1) is 19.0. The van der Waals surface area contributed by atoms with E-state index in [0.717, 1.165) is 44.2 Å². The Kier molecular flexibility index (Phi) is 4.47. The SMILES string of the molecule is Cc1cccc([C@@H]2N=C(Nc3nc4ccccc4s3)NC3=C2C(=O)CC(C)(C)C3)c1. The zero-order valence-corrected chi connectivity index (χ0v) is 18.1. The number of ketones is 1. The number of aromatic nitrogens is 1. The number of anilines is 1. The molecule has 2 N–H and O–H groups in total. The normalized spacial score (nSPS) is 20.6. The van der Waals surface area contributed by atoms with Gasteiger partial charge in [-0.15, -0.1) is 0 Å². The fourth-order valence-electron chi connectivity index (χ4n) is 4.30. The first-order valence-corrected chi connectivity index (χ1v) is 11.0. The van der Waals surface area contributed by atoms with E-state index in [2.05, 4.69) is 60.7 Å². The number of nitrogens with zero attached hydrogens (tertiary/aromatic N) is 2. The minimum atomic E-state index is -0.304. The number of guanidine groups is 1. The summed E-state index contributed by atoms with van der Waals surface area (Å²) in [6, 6.07) is 16.0. The van der Waals surface area contributed by atoms with E-state index in [-0.39, 0.29) is 17.2 Å². The number of nitrogens with one attached hydrogen (secondary N) is 2. The van der Waals surface area contributed by atoms with Crippen molar-refractivity contribution in [2.75, 3.05) is 5.32 Å². The first-order valence-electron chi connectivity index (χ1n) is 10.2. The van der Waals surface area contributed by atoms with Crippen molar-refractivity contribution >= 4 is 38.4 Å². The van der Waals surface area contributed by atoms with Gasteiger partial charge in [0.15, 0.2) is 10.9 Å². The number of carbonyl (C=O) groups excluding carboxylic acids is 1. The van der Waals surface area contributed by atoms with Gasteiger partial charge in [-0.05, 0) is 36.5 Å². The molecule has 0 unspecified atom stereocenters. The molecule has 0 saturated heterocycles. The Morgan fingerprint density at radius 2 is 1.97 bits per heavy atom. The van der Waals surface area contributed by atoms with Gasteiger partial charge in [-0.25, -0.2) is 9.98 Å². The van der Waals surface area contributed by atoms with E-state index in [1.165, 1.54) is 0 Å². The molecule has 0 saturated carbocycles. The minimum absolute atomic E-state index is 0.0710. The molecule has 3 aromatic rings. The van der Waals surface area contributed by atoms with Crippen LogP contribution >= 0.6 is 11.3 Å². The van der Waals surface area contributed by atoms with Crippen LogP contribution in [-0.2, 0) is 4.79 Å². The van der Waals surface area contributed by atoms with Gasteiger partial charge in [0.05, 0.1) is 10.2 Å². The molecule has 5 nitrogen and oxygen atoms in total. The molecular weight excluding hydrogens is 392 g/mol. The molecule has 2 aliphatic rings. The monoisotopic (exact) mass is 416 g/mol. The van der Waals surface area contributed by atoms with Gasteiger partial charge in [-0.3, -0.25) is 4.79 Å². The summed E-state index contributed by atoms with van der Waals surface area (Å²) in [5.74, 6) is 0.827. The molecule has 5 rings (SSSR count). The van der Waals surface area contributed by atoms with Crippen molar-refractivity contribution in [1.29, 1.82) is 0 Å². The first-order chi connectivity index (χ1) is 14.4. The Hall–Kier alpha value is -2.99. The lowest BCUT2D eigenvalue weighted by Crippen LogP contribution is -2.41. The Bertz CT molecular complexity index is 1190. The van der Waals surface area contributed by atoms with Gasteiger partial charge in [0.1, 0.15) is 6.04 Å². The van der Waals surface area contributed by atoms with Crippen LogP contribution in [0.15, 0.2) is 64.8 Å². The maximum atomic E-state index is 13.1. The van der Waals surface area contributed by atoms with Crippen LogP contribution in [0.4, 0.5) is 5.13 Å². The second-order valence-corrected chi connectivity index (χ2v) is 9.89. The van der Waals surface area contributed by atoms with Crippen molar-refractivity contribution in [2.24, 2.45) is 10.4 Å². The Morgan fingerprint density at radius 1 is 1.13 bits per heavy atom. The number of aliphatic imine (C=N–C) groups is 1. The van der Waals surface area contributed by atoms with Crippen LogP contribution in [-0.4, -0.2) is 16.7 Å². The van der Waals surface area contributed by atoms with E-state index in [4.69, 9.17) is 4.99 Å². The summed E-state index contributed by atoms with van der Waals surface area (Å²) in [5, 5.41) is 7.56. The quantitative estimate of drug-likeness (QED) is 0.590. The standard InChI is InChI=1S/C24H24N4OS/c1-14-7-6-8-15(11-14)21-20-17(12-24(2,3)13-18(20)29)25-22(27-21)28-23-26-16-9-4-5-10-19(16)30-23/h4-11,21H,12-13H2,1-3H3,(H2,25,26,27,28)/t21-/m0/s1. The summed E-state index contributed by atoms with van der Waals surface area (Å²) >= 11 is 1.59. The van der Waals surface area contributed by atoms with E-state index < -0.39 is 0 Å². The van der Waals surface area contributed by atoms with Crippen LogP contribution in [0.25, 0.3) is 10.2 Å². The molecule has 30 heavy (non-hydrogen) atoms. The largest absolute Gasteiger partial charge is 0.329 e. The highest BCUT2D eigenvalue weighted by molar-refractivity contribution is 7.22. The van der Waals surface area contributed by atoms with Crippen LogP contribution in [0.2, 0.25) is 0 Å². The van der Waals surface area contributed by atoms with Crippen molar-refractivity contribution < 1.29 is 4.79 Å². The van der Waals surface area contributed by atoms with E-state index in [1.807, 2.05) is 24.3 Å². The summed E-state index contributed by atoms with van der Waals surface area (Å²) < 4.78 is 1.13. The van der Waals surface area contributed by atoms with Crippen molar-refractivity contribution in [3.8, 4) is 0 Å². The van der Waals surface area contributed by atoms with Gasteiger partial charge in [0.2, 0.25) is 5.96 Å². The average molecular weight is 417 g/mol. The third kappa shape index (κ3) is 3.52. The van der Waals surface area contributed by atoms with Crippen molar-refractivity contribution in [2.45, 2.75) is 39.7 Å². The number of Topliss-reactive ketones (excluding diaryl/α,β-unsaturated/α-hetero) is 1. The van der Waals surface area contributed by atoms with Crippen molar-refractivity contribution in [1.82, 2.24) is 10.3 Å². The number of hydrogen-bond donors (Lipinski definition) is 2. The highest BCUT2D eigenvalue weighted by Gasteiger charge is 2.39.